The first-order chi connectivity index (χ1) is 30.0. The third-order valence-corrected chi connectivity index (χ3v) is 14.1. The molecule has 0 bridgehead atoms. The number of fused-ring (bicyclic) bond motifs is 8. The smallest absolute Gasteiger partial charge is 0.143 e. The highest BCUT2D eigenvalue weighted by Gasteiger charge is 2.36. The Morgan fingerprint density at radius 1 is 0.459 bits per heavy atom. The molecule has 0 amide bonds. The maximum atomic E-state index is 6.96. The molecule has 2 heteroatoms. The van der Waals surface area contributed by atoms with Crippen molar-refractivity contribution in [1.29, 1.82) is 0 Å². The van der Waals surface area contributed by atoms with Crippen LogP contribution in [0.25, 0.3) is 76.9 Å². The predicted molar refractivity (Wildman–Crippen MR) is 258 cm³/mol. The third kappa shape index (κ3) is 5.69. The van der Waals surface area contributed by atoms with Crippen LogP contribution in [0.3, 0.4) is 0 Å². The molecule has 61 heavy (non-hydrogen) atoms. The van der Waals surface area contributed by atoms with E-state index in [2.05, 4.69) is 201 Å². The van der Waals surface area contributed by atoms with Gasteiger partial charge in [0, 0.05) is 38.7 Å². The molecule has 12 rings (SSSR count). The van der Waals surface area contributed by atoms with Crippen LogP contribution in [0.2, 0.25) is 0 Å². The molecule has 1 heterocycles. The summed E-state index contributed by atoms with van der Waals surface area (Å²) in [6.45, 7) is 4.71. The molecule has 0 N–H and O–H groups in total. The van der Waals surface area contributed by atoms with Crippen LogP contribution in [0.1, 0.15) is 68.6 Å². The number of benzene rings is 9. The molecular formula is C59H47NO. The predicted octanol–water partition coefficient (Wildman–Crippen LogP) is 17.1. The lowest BCUT2D eigenvalue weighted by Gasteiger charge is -2.30. The summed E-state index contributed by atoms with van der Waals surface area (Å²) in [7, 11) is 0. The second-order valence-corrected chi connectivity index (χ2v) is 17.8. The molecule has 2 aliphatic rings. The van der Waals surface area contributed by atoms with Gasteiger partial charge in [-0.1, -0.05) is 185 Å². The van der Waals surface area contributed by atoms with Crippen LogP contribution in [0.4, 0.5) is 17.1 Å². The van der Waals surface area contributed by atoms with Gasteiger partial charge in [-0.15, -0.1) is 0 Å². The average molecular weight is 786 g/mol. The molecule has 0 saturated heterocycles. The lowest BCUT2D eigenvalue weighted by Crippen LogP contribution is -2.15. The van der Waals surface area contributed by atoms with Crippen molar-refractivity contribution in [3.8, 4) is 33.4 Å². The zero-order chi connectivity index (χ0) is 40.7. The standard InChI is InChI=1S/C59H47NO/c1-59(2)53-28-11-10-22-48(53)52-37-43(34-35-54(52)59)60(55-36-31-40-18-7-9-21-45(40)56(55)49-25-12-19-38-17-6-8-20-44(38)49)42-32-29-41(30-33-42)47-24-14-27-51-50-26-13-23-46(57(50)61-58(47)51)39-15-4-3-5-16-39/h6-14,17-37,39H,3-5,15-16H2,1-2H3. The second kappa shape index (κ2) is 14.1. The van der Waals surface area contributed by atoms with E-state index in [-0.39, 0.29) is 5.41 Å². The fourth-order valence-corrected chi connectivity index (χ4v) is 11.0. The van der Waals surface area contributed by atoms with E-state index in [9.17, 15) is 0 Å². The SMILES string of the molecule is CC1(C)c2ccccc2-c2cc(N(c3ccc(-c4cccc5c4oc4c(C6CCCCC6)cccc45)cc3)c3ccc4ccccc4c3-c3cccc4ccccc34)ccc21. The number of hydrogen-bond acceptors (Lipinski definition) is 2. The van der Waals surface area contributed by atoms with Crippen molar-refractivity contribution < 1.29 is 4.42 Å². The van der Waals surface area contributed by atoms with Crippen molar-refractivity contribution in [2.75, 3.05) is 4.90 Å². The van der Waals surface area contributed by atoms with Crippen LogP contribution in [-0.4, -0.2) is 0 Å². The molecular weight excluding hydrogens is 739 g/mol. The molecule has 294 valence electrons. The van der Waals surface area contributed by atoms with Gasteiger partial charge in [0.2, 0.25) is 0 Å². The van der Waals surface area contributed by atoms with Crippen LogP contribution < -0.4 is 4.90 Å². The van der Waals surface area contributed by atoms with Crippen LogP contribution in [0, 0.1) is 0 Å². The molecule has 0 radical (unpaired) electrons. The first-order valence-corrected chi connectivity index (χ1v) is 22.1. The molecule has 0 aliphatic heterocycles. The monoisotopic (exact) mass is 785 g/mol. The number of para-hydroxylation sites is 2. The number of rotatable bonds is 6. The summed E-state index contributed by atoms with van der Waals surface area (Å²) < 4.78 is 6.96. The average Bonchev–Trinajstić information content (AvgIpc) is 3.81. The molecule has 0 unspecified atom stereocenters. The Hall–Kier alpha value is -6.90. The maximum absolute atomic E-state index is 6.96. The Morgan fingerprint density at radius 3 is 1.90 bits per heavy atom. The fourth-order valence-electron chi connectivity index (χ4n) is 11.0. The van der Waals surface area contributed by atoms with E-state index >= 15 is 0 Å². The van der Waals surface area contributed by atoms with Crippen molar-refractivity contribution in [3.63, 3.8) is 0 Å². The van der Waals surface area contributed by atoms with Gasteiger partial charge in [-0.25, -0.2) is 0 Å². The van der Waals surface area contributed by atoms with Gasteiger partial charge >= 0.3 is 0 Å². The molecule has 0 atom stereocenters. The van der Waals surface area contributed by atoms with E-state index in [1.807, 2.05) is 0 Å². The minimum atomic E-state index is -0.0805. The summed E-state index contributed by atoms with van der Waals surface area (Å²) in [4.78, 5) is 2.49. The second-order valence-electron chi connectivity index (χ2n) is 17.8. The quantitative estimate of drug-likeness (QED) is 0.167. The molecule has 9 aromatic carbocycles. The van der Waals surface area contributed by atoms with Crippen molar-refractivity contribution in [2.24, 2.45) is 0 Å². The fraction of sp³-hybridized carbons (Fsp3) is 0.153. The normalized spacial score (nSPS) is 14.8. The Morgan fingerprint density at radius 2 is 1.07 bits per heavy atom. The van der Waals surface area contributed by atoms with E-state index in [1.54, 1.807) is 0 Å². The topological polar surface area (TPSA) is 16.4 Å². The van der Waals surface area contributed by atoms with E-state index in [0.717, 1.165) is 39.4 Å². The number of hydrogen-bond donors (Lipinski definition) is 0. The van der Waals surface area contributed by atoms with Gasteiger partial charge in [-0.3, -0.25) is 0 Å². The van der Waals surface area contributed by atoms with Crippen molar-refractivity contribution in [2.45, 2.75) is 57.3 Å². The number of nitrogens with zero attached hydrogens (tertiary/aromatic N) is 1. The molecule has 1 saturated carbocycles. The zero-order valence-electron chi connectivity index (χ0n) is 34.8. The van der Waals surface area contributed by atoms with Gasteiger partial charge in [0.25, 0.3) is 0 Å². The summed E-state index contributed by atoms with van der Waals surface area (Å²) in [6, 6.07) is 67.6. The van der Waals surface area contributed by atoms with Crippen molar-refractivity contribution >= 4 is 60.5 Å². The molecule has 1 fully saturated rings. The third-order valence-electron chi connectivity index (χ3n) is 14.1. The van der Waals surface area contributed by atoms with Crippen molar-refractivity contribution in [3.05, 3.63) is 199 Å². The molecule has 10 aromatic rings. The Kier molecular flexibility index (Phi) is 8.32. The van der Waals surface area contributed by atoms with E-state index in [0.29, 0.717) is 5.92 Å². The highest BCUT2D eigenvalue weighted by atomic mass is 16.3. The highest BCUT2D eigenvalue weighted by molar-refractivity contribution is 6.12. The molecule has 2 aliphatic carbocycles. The number of anilines is 3. The maximum Gasteiger partial charge on any atom is 0.143 e. The first-order valence-electron chi connectivity index (χ1n) is 22.1. The summed E-state index contributed by atoms with van der Waals surface area (Å²) in [6.07, 6.45) is 6.43. The van der Waals surface area contributed by atoms with E-state index in [4.69, 9.17) is 4.42 Å². The van der Waals surface area contributed by atoms with Crippen LogP contribution in [-0.2, 0) is 5.41 Å². The Labute approximate surface area is 357 Å². The van der Waals surface area contributed by atoms with Crippen LogP contribution in [0.5, 0.6) is 0 Å². The summed E-state index contributed by atoms with van der Waals surface area (Å²) in [5, 5.41) is 7.34. The highest BCUT2D eigenvalue weighted by Crippen LogP contribution is 2.52. The van der Waals surface area contributed by atoms with Gasteiger partial charge in [-0.2, -0.15) is 0 Å². The van der Waals surface area contributed by atoms with E-state index < -0.39 is 0 Å². The van der Waals surface area contributed by atoms with Crippen LogP contribution >= 0.6 is 0 Å². The van der Waals surface area contributed by atoms with Crippen LogP contribution in [0.15, 0.2) is 186 Å². The van der Waals surface area contributed by atoms with Gasteiger partial charge in [0.15, 0.2) is 0 Å². The minimum absolute atomic E-state index is 0.0805. The summed E-state index contributed by atoms with van der Waals surface area (Å²) in [5.74, 6) is 0.569. The van der Waals surface area contributed by atoms with E-state index in [1.165, 1.54) is 103 Å². The lowest BCUT2D eigenvalue weighted by molar-refractivity contribution is 0.442. The zero-order valence-corrected chi connectivity index (χ0v) is 34.8. The Bertz CT molecular complexity index is 3320. The minimum Gasteiger partial charge on any atom is -0.455 e. The number of furan rings is 1. The largest absolute Gasteiger partial charge is 0.455 e. The lowest BCUT2D eigenvalue weighted by atomic mass is 9.82. The first kappa shape index (κ1) is 36.0. The molecule has 0 spiro atoms. The van der Waals surface area contributed by atoms with Gasteiger partial charge in [0.05, 0.1) is 5.69 Å². The summed E-state index contributed by atoms with van der Waals surface area (Å²) >= 11 is 0. The Balaban J connectivity index is 1.06. The van der Waals surface area contributed by atoms with Gasteiger partial charge in [0.1, 0.15) is 11.2 Å². The molecule has 2 nitrogen and oxygen atoms in total. The van der Waals surface area contributed by atoms with Gasteiger partial charge in [-0.05, 0) is 110 Å². The van der Waals surface area contributed by atoms with Gasteiger partial charge < -0.3 is 9.32 Å². The summed E-state index contributed by atoms with van der Waals surface area (Å²) in [5.41, 5.74) is 16.8. The molecule has 1 aromatic heterocycles. The van der Waals surface area contributed by atoms with Crippen molar-refractivity contribution in [1.82, 2.24) is 0 Å².